The van der Waals surface area contributed by atoms with Crippen LogP contribution in [-0.4, -0.2) is 65.3 Å². The summed E-state index contributed by atoms with van der Waals surface area (Å²) in [4.78, 5) is 17.0. The number of aromatic amines is 1. The van der Waals surface area contributed by atoms with E-state index in [-0.39, 0.29) is 11.9 Å². The lowest BCUT2D eigenvalue weighted by molar-refractivity contribution is -0.142. The monoisotopic (exact) mass is 306 g/mol. The average molecular weight is 306 g/mol. The van der Waals surface area contributed by atoms with Gasteiger partial charge in [-0.2, -0.15) is 5.10 Å². The van der Waals surface area contributed by atoms with Gasteiger partial charge in [0, 0.05) is 6.54 Å². The fourth-order valence-corrected chi connectivity index (χ4v) is 3.34. The number of ether oxygens (including phenoxy) is 1. The molecule has 2 aliphatic rings. The number of morpholine rings is 1. The van der Waals surface area contributed by atoms with Gasteiger partial charge in [-0.1, -0.05) is 6.92 Å². The third-order valence-corrected chi connectivity index (χ3v) is 4.89. The first-order valence-corrected chi connectivity index (χ1v) is 8.24. The maximum atomic E-state index is 12.8. The number of nitrogens with one attached hydrogen (secondary N) is 1. The summed E-state index contributed by atoms with van der Waals surface area (Å²) in [6, 6.07) is -0.0348. The maximum absolute atomic E-state index is 12.8. The smallest absolute Gasteiger partial charge is 0.237 e. The number of hydrogen-bond donors (Lipinski definition) is 1. The van der Waals surface area contributed by atoms with Crippen LogP contribution in [0.4, 0.5) is 0 Å². The van der Waals surface area contributed by atoms with Gasteiger partial charge < -0.3 is 9.64 Å². The Bertz CT molecular complexity index is 508. The number of H-pyrrole nitrogens is 1. The van der Waals surface area contributed by atoms with Crippen molar-refractivity contribution in [3.05, 3.63) is 17.5 Å². The molecule has 22 heavy (non-hydrogen) atoms. The van der Waals surface area contributed by atoms with Crippen molar-refractivity contribution >= 4 is 5.91 Å². The highest BCUT2D eigenvalue weighted by Crippen LogP contribution is 2.25. The van der Waals surface area contributed by atoms with Gasteiger partial charge in [-0.25, -0.2) is 0 Å². The molecule has 122 valence electrons. The zero-order valence-corrected chi connectivity index (χ0v) is 13.5. The fraction of sp³-hybridized carbons (Fsp3) is 0.750. The van der Waals surface area contributed by atoms with E-state index in [0.29, 0.717) is 26.3 Å². The van der Waals surface area contributed by atoms with Crippen LogP contribution in [0.2, 0.25) is 0 Å². The number of aryl methyl sites for hydroxylation is 1. The summed E-state index contributed by atoms with van der Waals surface area (Å²) in [6.45, 7) is 8.72. The SMILES string of the molecule is Cc1cn[nH]c1C1COCCN1C(=O)CN1CCC(C)CC1. The summed E-state index contributed by atoms with van der Waals surface area (Å²) < 4.78 is 5.59. The van der Waals surface area contributed by atoms with Crippen LogP contribution < -0.4 is 0 Å². The van der Waals surface area contributed by atoms with E-state index in [1.165, 1.54) is 12.8 Å². The van der Waals surface area contributed by atoms with Gasteiger partial charge in [0.05, 0.1) is 37.7 Å². The molecule has 3 heterocycles. The van der Waals surface area contributed by atoms with Crippen LogP contribution in [0.1, 0.15) is 37.1 Å². The van der Waals surface area contributed by atoms with E-state index in [1.807, 2.05) is 11.8 Å². The molecule has 2 saturated heterocycles. The first-order chi connectivity index (χ1) is 10.6. The van der Waals surface area contributed by atoms with Crippen LogP contribution >= 0.6 is 0 Å². The topological polar surface area (TPSA) is 61.5 Å². The van der Waals surface area contributed by atoms with Crippen LogP contribution in [0.15, 0.2) is 6.20 Å². The molecule has 0 saturated carbocycles. The van der Waals surface area contributed by atoms with Crippen molar-refractivity contribution in [3.8, 4) is 0 Å². The summed E-state index contributed by atoms with van der Waals surface area (Å²) in [7, 11) is 0. The van der Waals surface area contributed by atoms with E-state index in [4.69, 9.17) is 4.74 Å². The Labute approximate surface area is 131 Å². The van der Waals surface area contributed by atoms with Crippen LogP contribution in [-0.2, 0) is 9.53 Å². The molecule has 3 rings (SSSR count). The quantitative estimate of drug-likeness (QED) is 0.916. The molecular weight excluding hydrogens is 280 g/mol. The lowest BCUT2D eigenvalue weighted by atomic mass is 9.99. The van der Waals surface area contributed by atoms with Gasteiger partial charge in [-0.05, 0) is 44.3 Å². The first-order valence-electron chi connectivity index (χ1n) is 8.24. The van der Waals surface area contributed by atoms with Crippen molar-refractivity contribution in [2.45, 2.75) is 32.7 Å². The van der Waals surface area contributed by atoms with E-state index in [9.17, 15) is 4.79 Å². The summed E-state index contributed by atoms with van der Waals surface area (Å²) in [6.07, 6.45) is 4.19. The van der Waals surface area contributed by atoms with Crippen molar-refractivity contribution < 1.29 is 9.53 Å². The van der Waals surface area contributed by atoms with E-state index in [1.54, 1.807) is 6.20 Å². The zero-order chi connectivity index (χ0) is 15.5. The predicted molar refractivity (Wildman–Crippen MR) is 83.4 cm³/mol. The Morgan fingerprint density at radius 2 is 2.18 bits per heavy atom. The number of piperidine rings is 1. The number of nitrogens with zero attached hydrogens (tertiary/aromatic N) is 3. The normalized spacial score (nSPS) is 24.6. The Morgan fingerprint density at radius 1 is 1.41 bits per heavy atom. The Hall–Kier alpha value is -1.40. The Morgan fingerprint density at radius 3 is 2.86 bits per heavy atom. The van der Waals surface area contributed by atoms with Gasteiger partial charge in [-0.15, -0.1) is 0 Å². The molecule has 1 aromatic rings. The molecule has 0 aromatic carbocycles. The molecule has 2 aliphatic heterocycles. The maximum Gasteiger partial charge on any atom is 0.237 e. The number of aromatic nitrogens is 2. The Balaban J connectivity index is 1.65. The second-order valence-corrected chi connectivity index (χ2v) is 6.60. The minimum atomic E-state index is -0.0348. The first kappa shape index (κ1) is 15.5. The molecule has 6 heteroatoms. The molecule has 0 spiro atoms. The van der Waals surface area contributed by atoms with E-state index in [0.717, 1.165) is 30.3 Å². The van der Waals surface area contributed by atoms with Crippen LogP contribution in [0.25, 0.3) is 0 Å². The number of amides is 1. The molecule has 1 N–H and O–H groups in total. The van der Waals surface area contributed by atoms with Gasteiger partial charge in [0.15, 0.2) is 0 Å². The third-order valence-electron chi connectivity index (χ3n) is 4.89. The molecule has 0 aliphatic carbocycles. The van der Waals surface area contributed by atoms with Gasteiger partial charge in [-0.3, -0.25) is 14.8 Å². The van der Waals surface area contributed by atoms with Crippen molar-refractivity contribution in [1.82, 2.24) is 20.0 Å². The van der Waals surface area contributed by atoms with E-state index in [2.05, 4.69) is 22.0 Å². The van der Waals surface area contributed by atoms with E-state index < -0.39 is 0 Å². The summed E-state index contributed by atoms with van der Waals surface area (Å²) >= 11 is 0. The summed E-state index contributed by atoms with van der Waals surface area (Å²) in [5, 5.41) is 7.12. The lowest BCUT2D eigenvalue weighted by Gasteiger charge is -2.37. The molecule has 0 bridgehead atoms. The summed E-state index contributed by atoms with van der Waals surface area (Å²) in [5.41, 5.74) is 2.08. The van der Waals surface area contributed by atoms with Crippen LogP contribution in [0, 0.1) is 12.8 Å². The molecule has 1 aromatic heterocycles. The molecule has 0 radical (unpaired) electrons. The highest BCUT2D eigenvalue weighted by molar-refractivity contribution is 5.79. The van der Waals surface area contributed by atoms with Gasteiger partial charge in [0.2, 0.25) is 5.91 Å². The molecule has 6 nitrogen and oxygen atoms in total. The average Bonchev–Trinajstić information content (AvgIpc) is 2.95. The van der Waals surface area contributed by atoms with Gasteiger partial charge in [0.1, 0.15) is 0 Å². The lowest BCUT2D eigenvalue weighted by Crippen LogP contribution is -2.49. The minimum absolute atomic E-state index is 0.0348. The molecule has 1 amide bonds. The van der Waals surface area contributed by atoms with Crippen molar-refractivity contribution in [2.24, 2.45) is 5.92 Å². The van der Waals surface area contributed by atoms with Crippen LogP contribution in [0.3, 0.4) is 0 Å². The molecule has 2 fully saturated rings. The highest BCUT2D eigenvalue weighted by Gasteiger charge is 2.31. The van der Waals surface area contributed by atoms with Gasteiger partial charge >= 0.3 is 0 Å². The summed E-state index contributed by atoms with van der Waals surface area (Å²) in [5.74, 6) is 0.993. The highest BCUT2D eigenvalue weighted by atomic mass is 16.5. The molecule has 1 unspecified atom stereocenters. The number of hydrogen-bond acceptors (Lipinski definition) is 4. The third kappa shape index (κ3) is 3.33. The predicted octanol–water partition coefficient (Wildman–Crippen LogP) is 1.35. The van der Waals surface area contributed by atoms with Crippen molar-refractivity contribution in [3.63, 3.8) is 0 Å². The van der Waals surface area contributed by atoms with Crippen LogP contribution in [0.5, 0.6) is 0 Å². The number of rotatable bonds is 3. The largest absolute Gasteiger partial charge is 0.377 e. The van der Waals surface area contributed by atoms with Crippen molar-refractivity contribution in [1.29, 1.82) is 0 Å². The number of carbonyl (C=O) groups is 1. The number of carbonyl (C=O) groups excluding carboxylic acids is 1. The molecule has 1 atom stereocenters. The molecular formula is C16H26N4O2. The minimum Gasteiger partial charge on any atom is -0.377 e. The Kier molecular flexibility index (Phi) is 4.78. The van der Waals surface area contributed by atoms with Crippen molar-refractivity contribution in [2.75, 3.05) is 39.4 Å². The second-order valence-electron chi connectivity index (χ2n) is 6.60. The second kappa shape index (κ2) is 6.79. The zero-order valence-electron chi connectivity index (χ0n) is 13.5. The van der Waals surface area contributed by atoms with Gasteiger partial charge in [0.25, 0.3) is 0 Å². The fourth-order valence-electron chi connectivity index (χ4n) is 3.34. The number of likely N-dealkylation sites (tertiary alicyclic amines) is 1. The standard InChI is InChI=1S/C16H26N4O2/c1-12-3-5-19(6-4-12)10-15(21)20-7-8-22-11-14(20)16-13(2)9-17-18-16/h9,12,14H,3-8,10-11H2,1-2H3,(H,17,18). The van der Waals surface area contributed by atoms with E-state index >= 15 is 0 Å².